The third-order valence-electron chi connectivity index (χ3n) is 4.45. The van der Waals surface area contributed by atoms with E-state index in [-0.39, 0.29) is 47.0 Å². The Morgan fingerprint density at radius 3 is 2.43 bits per heavy atom. The van der Waals surface area contributed by atoms with E-state index >= 15 is 0 Å². The molecule has 1 saturated heterocycles. The van der Waals surface area contributed by atoms with Gasteiger partial charge < -0.3 is 9.64 Å². The lowest BCUT2D eigenvalue weighted by Gasteiger charge is -2.34. The minimum atomic E-state index is -3.78. The first-order valence-corrected chi connectivity index (χ1v) is 11.0. The van der Waals surface area contributed by atoms with Crippen LogP contribution in [0.25, 0.3) is 0 Å². The maximum absolute atomic E-state index is 12.9. The minimum Gasteiger partial charge on any atom is -0.494 e. The fourth-order valence-electron chi connectivity index (χ4n) is 3.02. The molecule has 1 amide bonds. The van der Waals surface area contributed by atoms with Gasteiger partial charge in [-0.3, -0.25) is 4.79 Å². The summed E-state index contributed by atoms with van der Waals surface area (Å²) in [6, 6.07) is 11.5. The van der Waals surface area contributed by atoms with Gasteiger partial charge in [0.15, 0.2) is 0 Å². The first-order valence-electron chi connectivity index (χ1n) is 8.81. The molecule has 0 aliphatic carbocycles. The molecular weight excluding hydrogens is 423 g/mol. The zero-order valence-electron chi connectivity index (χ0n) is 15.3. The highest BCUT2D eigenvalue weighted by Crippen LogP contribution is 2.31. The highest BCUT2D eigenvalue weighted by atomic mass is 35.5. The van der Waals surface area contributed by atoms with E-state index in [2.05, 4.69) is 0 Å². The molecule has 0 aromatic heterocycles. The zero-order valence-corrected chi connectivity index (χ0v) is 17.6. The normalized spacial score (nSPS) is 15.5. The summed E-state index contributed by atoms with van der Waals surface area (Å²) in [6.07, 6.45) is 0. The summed E-state index contributed by atoms with van der Waals surface area (Å²) in [7, 11) is -3.78. The van der Waals surface area contributed by atoms with E-state index in [1.165, 1.54) is 16.4 Å². The van der Waals surface area contributed by atoms with Crippen LogP contribution < -0.4 is 4.74 Å². The summed E-state index contributed by atoms with van der Waals surface area (Å²) < 4.78 is 32.5. The smallest absolute Gasteiger partial charge is 0.254 e. The van der Waals surface area contributed by atoms with Crippen molar-refractivity contribution >= 4 is 39.1 Å². The fourth-order valence-corrected chi connectivity index (χ4v) is 5.18. The lowest BCUT2D eigenvalue weighted by molar-refractivity contribution is 0.0697. The molecule has 6 nitrogen and oxygen atoms in total. The van der Waals surface area contributed by atoms with Crippen molar-refractivity contribution in [2.45, 2.75) is 11.8 Å². The van der Waals surface area contributed by atoms with Gasteiger partial charge in [-0.15, -0.1) is 0 Å². The molecule has 1 aliphatic rings. The van der Waals surface area contributed by atoms with Gasteiger partial charge >= 0.3 is 0 Å². The number of sulfonamides is 1. The van der Waals surface area contributed by atoms with Gasteiger partial charge in [0.1, 0.15) is 10.6 Å². The number of hydrogen-bond donors (Lipinski definition) is 0. The number of hydrogen-bond acceptors (Lipinski definition) is 4. The van der Waals surface area contributed by atoms with Crippen LogP contribution in [0.4, 0.5) is 0 Å². The van der Waals surface area contributed by atoms with Crippen molar-refractivity contribution in [3.63, 3.8) is 0 Å². The van der Waals surface area contributed by atoms with Gasteiger partial charge in [-0.05, 0) is 37.3 Å². The summed E-state index contributed by atoms with van der Waals surface area (Å²) >= 11 is 12.0. The van der Waals surface area contributed by atoms with Gasteiger partial charge in [-0.1, -0.05) is 35.3 Å². The fraction of sp³-hybridized carbons (Fsp3) is 0.316. The minimum absolute atomic E-state index is 0.00964. The Labute approximate surface area is 174 Å². The second-order valence-corrected chi connectivity index (χ2v) is 8.90. The summed E-state index contributed by atoms with van der Waals surface area (Å²) in [5.74, 6) is 0.476. The van der Waals surface area contributed by atoms with Crippen molar-refractivity contribution in [1.29, 1.82) is 0 Å². The van der Waals surface area contributed by atoms with Gasteiger partial charge in [0.05, 0.1) is 16.7 Å². The average molecular weight is 443 g/mol. The monoisotopic (exact) mass is 442 g/mol. The van der Waals surface area contributed by atoms with E-state index in [0.717, 1.165) is 0 Å². The Bertz CT molecular complexity index is 974. The number of benzene rings is 2. The Morgan fingerprint density at radius 2 is 1.75 bits per heavy atom. The quantitative estimate of drug-likeness (QED) is 0.709. The van der Waals surface area contributed by atoms with E-state index in [0.29, 0.717) is 17.9 Å². The Hall–Kier alpha value is -1.80. The van der Waals surface area contributed by atoms with Crippen molar-refractivity contribution in [1.82, 2.24) is 9.21 Å². The predicted octanol–water partition coefficient (Wildman–Crippen LogP) is 3.54. The van der Waals surface area contributed by atoms with Crippen molar-refractivity contribution in [2.24, 2.45) is 0 Å². The topological polar surface area (TPSA) is 66.9 Å². The van der Waals surface area contributed by atoms with Gasteiger partial charge in [0.2, 0.25) is 10.0 Å². The van der Waals surface area contributed by atoms with Crippen LogP contribution in [-0.2, 0) is 10.0 Å². The van der Waals surface area contributed by atoms with Crippen molar-refractivity contribution < 1.29 is 17.9 Å². The largest absolute Gasteiger partial charge is 0.494 e. The molecule has 0 saturated carbocycles. The molecule has 0 spiro atoms. The molecule has 9 heteroatoms. The van der Waals surface area contributed by atoms with Crippen LogP contribution in [-0.4, -0.2) is 56.3 Å². The highest BCUT2D eigenvalue weighted by Gasteiger charge is 2.32. The molecule has 2 aromatic carbocycles. The van der Waals surface area contributed by atoms with Crippen LogP contribution in [0.1, 0.15) is 17.3 Å². The number of carbonyl (C=O) groups excluding carboxylic acids is 1. The van der Waals surface area contributed by atoms with E-state index in [9.17, 15) is 13.2 Å². The summed E-state index contributed by atoms with van der Waals surface area (Å²) in [4.78, 5) is 14.4. The molecular formula is C19H20Cl2N2O4S. The van der Waals surface area contributed by atoms with Crippen LogP contribution in [0, 0.1) is 0 Å². The predicted molar refractivity (Wildman–Crippen MR) is 109 cm³/mol. The molecule has 3 rings (SSSR count). The summed E-state index contributed by atoms with van der Waals surface area (Å²) in [5, 5.41) is 0.196. The number of carbonyl (C=O) groups is 1. The molecule has 1 heterocycles. The lowest BCUT2D eigenvalue weighted by Crippen LogP contribution is -2.50. The maximum Gasteiger partial charge on any atom is 0.254 e. The Morgan fingerprint density at radius 1 is 1.07 bits per heavy atom. The third kappa shape index (κ3) is 4.27. The molecule has 28 heavy (non-hydrogen) atoms. The van der Waals surface area contributed by atoms with Crippen molar-refractivity contribution in [3.8, 4) is 5.75 Å². The van der Waals surface area contributed by atoms with E-state index in [1.807, 2.05) is 6.92 Å². The average Bonchev–Trinajstić information content (AvgIpc) is 2.70. The molecule has 1 fully saturated rings. The van der Waals surface area contributed by atoms with Gasteiger partial charge in [0.25, 0.3) is 5.91 Å². The van der Waals surface area contributed by atoms with Crippen LogP contribution in [0.3, 0.4) is 0 Å². The molecule has 1 aliphatic heterocycles. The summed E-state index contributed by atoms with van der Waals surface area (Å²) in [6.45, 7) is 3.33. The molecule has 0 atom stereocenters. The van der Waals surface area contributed by atoms with Gasteiger partial charge in [-0.2, -0.15) is 4.31 Å². The molecule has 2 aromatic rings. The third-order valence-corrected chi connectivity index (χ3v) is 7.32. The number of amides is 1. The number of rotatable bonds is 5. The molecule has 0 radical (unpaired) electrons. The van der Waals surface area contributed by atoms with Crippen molar-refractivity contribution in [2.75, 3.05) is 32.8 Å². The SMILES string of the molecule is CCOc1cccc(C(=O)N2CCN(S(=O)(=O)c3cccc(Cl)c3Cl)CC2)c1. The molecule has 0 N–H and O–H groups in total. The molecule has 0 unspecified atom stereocenters. The second kappa shape index (κ2) is 8.69. The molecule has 0 bridgehead atoms. The Kier molecular flexibility index (Phi) is 6.50. The van der Waals surface area contributed by atoms with Gasteiger partial charge in [-0.25, -0.2) is 8.42 Å². The van der Waals surface area contributed by atoms with Gasteiger partial charge in [0, 0.05) is 31.7 Å². The van der Waals surface area contributed by atoms with Crippen molar-refractivity contribution in [3.05, 3.63) is 58.1 Å². The van der Waals surface area contributed by atoms with E-state index < -0.39 is 10.0 Å². The number of halogens is 2. The zero-order chi connectivity index (χ0) is 20.3. The second-order valence-electron chi connectivity index (χ2n) is 6.21. The first-order chi connectivity index (χ1) is 13.3. The Balaban J connectivity index is 1.71. The number of piperazine rings is 1. The van der Waals surface area contributed by atoms with Crippen LogP contribution >= 0.6 is 23.2 Å². The van der Waals surface area contributed by atoms with Crippen LogP contribution in [0.15, 0.2) is 47.4 Å². The van der Waals surface area contributed by atoms with Crippen LogP contribution in [0.5, 0.6) is 5.75 Å². The first kappa shape index (κ1) is 20.9. The number of nitrogens with zero attached hydrogens (tertiary/aromatic N) is 2. The van der Waals surface area contributed by atoms with Crippen LogP contribution in [0.2, 0.25) is 10.0 Å². The van der Waals surface area contributed by atoms with E-state index in [4.69, 9.17) is 27.9 Å². The lowest BCUT2D eigenvalue weighted by atomic mass is 10.1. The highest BCUT2D eigenvalue weighted by molar-refractivity contribution is 7.89. The number of ether oxygens (including phenoxy) is 1. The standard InChI is InChI=1S/C19H20Cl2N2O4S/c1-2-27-15-6-3-5-14(13-15)19(24)22-9-11-23(12-10-22)28(25,26)17-8-4-7-16(20)18(17)21/h3-8,13H,2,9-12H2,1H3. The molecule has 150 valence electrons. The van der Waals surface area contributed by atoms with E-state index in [1.54, 1.807) is 35.2 Å². The summed E-state index contributed by atoms with van der Waals surface area (Å²) in [5.41, 5.74) is 0.514. The maximum atomic E-state index is 12.9.